The van der Waals surface area contributed by atoms with Gasteiger partial charge in [0.25, 0.3) is 0 Å². The van der Waals surface area contributed by atoms with Crippen LogP contribution in [0.2, 0.25) is 0 Å². The van der Waals surface area contributed by atoms with E-state index in [2.05, 4.69) is 5.32 Å². The molecule has 22 heavy (non-hydrogen) atoms. The van der Waals surface area contributed by atoms with Crippen molar-refractivity contribution in [2.24, 2.45) is 5.73 Å². The predicted octanol–water partition coefficient (Wildman–Crippen LogP) is -1.53. The molecular weight excluding hydrogens is 290 g/mol. The van der Waals surface area contributed by atoms with E-state index in [0.29, 0.717) is 6.42 Å². The lowest BCUT2D eigenvalue weighted by Crippen LogP contribution is -2.53. The number of nitrogens with one attached hydrogen (secondary N) is 1. The lowest BCUT2D eigenvalue weighted by Gasteiger charge is -2.26. The minimum absolute atomic E-state index is 0.127. The fraction of sp³-hybridized carbons (Fsp3) is 0.429. The number of aliphatic carboxylic acids is 1. The van der Waals surface area contributed by atoms with Gasteiger partial charge in [-0.25, -0.2) is 0 Å². The van der Waals surface area contributed by atoms with Gasteiger partial charge in [-0.15, -0.1) is 0 Å². The van der Waals surface area contributed by atoms with E-state index in [9.17, 15) is 14.7 Å². The zero-order chi connectivity index (χ0) is 16.3. The van der Waals surface area contributed by atoms with Crippen LogP contribution in [0, 0.1) is 0 Å². The van der Waals surface area contributed by atoms with Crippen LogP contribution < -0.4 is 11.1 Å². The minimum Gasteiger partial charge on any atom is -0.508 e. The van der Waals surface area contributed by atoms with E-state index in [1.54, 1.807) is 12.1 Å². The van der Waals surface area contributed by atoms with Crippen LogP contribution in [0.15, 0.2) is 24.3 Å². The molecule has 3 atom stereocenters. The largest absolute Gasteiger partial charge is 0.508 e. The Hall–Kier alpha value is -2.16. The molecular formula is C14H19N3O5. The summed E-state index contributed by atoms with van der Waals surface area (Å²) in [6.07, 6.45) is -0.389. The molecule has 8 heteroatoms. The molecule has 1 aliphatic heterocycles. The number of amides is 1. The molecule has 1 heterocycles. The Morgan fingerprint density at radius 2 is 2.00 bits per heavy atom. The molecule has 0 bridgehead atoms. The average molecular weight is 309 g/mol. The maximum atomic E-state index is 12.4. The molecule has 1 fully saturated rings. The second-order valence-corrected chi connectivity index (χ2v) is 5.24. The highest BCUT2D eigenvalue weighted by atomic mass is 16.4. The molecule has 0 saturated carbocycles. The number of hydrogen-bond acceptors (Lipinski definition) is 6. The molecule has 1 aliphatic rings. The third kappa shape index (κ3) is 3.53. The van der Waals surface area contributed by atoms with E-state index in [1.165, 1.54) is 12.1 Å². The van der Waals surface area contributed by atoms with Gasteiger partial charge < -0.3 is 26.0 Å². The molecule has 1 amide bonds. The first-order chi connectivity index (χ1) is 10.4. The molecule has 0 aliphatic carbocycles. The molecule has 0 unspecified atom stereocenters. The number of phenolic OH excluding ortho intramolecular Hbond substituents is 1. The summed E-state index contributed by atoms with van der Waals surface area (Å²) in [6, 6.07) is 5.01. The molecule has 1 saturated heterocycles. The van der Waals surface area contributed by atoms with E-state index in [4.69, 9.17) is 15.9 Å². The maximum absolute atomic E-state index is 12.4. The Morgan fingerprint density at radius 3 is 2.55 bits per heavy atom. The van der Waals surface area contributed by atoms with Gasteiger partial charge in [-0.05, 0) is 24.1 Å². The summed E-state index contributed by atoms with van der Waals surface area (Å²) in [4.78, 5) is 24.4. The van der Waals surface area contributed by atoms with Crippen molar-refractivity contribution >= 4 is 11.9 Å². The summed E-state index contributed by atoms with van der Waals surface area (Å²) >= 11 is 0. The molecule has 0 aromatic heterocycles. The van der Waals surface area contributed by atoms with Gasteiger partial charge in [0.05, 0.1) is 18.7 Å². The summed E-state index contributed by atoms with van der Waals surface area (Å²) < 4.78 is 0. The lowest BCUT2D eigenvalue weighted by atomic mass is 10.1. The Kier molecular flexibility index (Phi) is 4.96. The standard InChI is InChI=1S/C14H19N3O5/c15-10(7-18)13-16-11(14(22)17(13)6-12(20)21)5-8-1-3-9(19)4-2-8/h1-4,10-11,13,16,18-19H,5-7,15H2,(H,20,21)/t10-,11+,13+/m1/s1. The van der Waals surface area contributed by atoms with E-state index in [1.807, 2.05) is 0 Å². The molecule has 0 spiro atoms. The van der Waals surface area contributed by atoms with Crippen molar-refractivity contribution < 1.29 is 24.9 Å². The number of carbonyl (C=O) groups excluding carboxylic acids is 1. The number of nitrogens with zero attached hydrogens (tertiary/aromatic N) is 1. The number of carboxylic acids is 1. The van der Waals surface area contributed by atoms with Crippen LogP contribution in [0.5, 0.6) is 5.75 Å². The summed E-state index contributed by atoms with van der Waals surface area (Å²) in [5.41, 5.74) is 6.57. The van der Waals surface area contributed by atoms with Gasteiger partial charge in [-0.1, -0.05) is 12.1 Å². The van der Waals surface area contributed by atoms with Crippen LogP contribution >= 0.6 is 0 Å². The number of carbonyl (C=O) groups is 2. The number of phenols is 1. The van der Waals surface area contributed by atoms with Gasteiger partial charge in [-0.3, -0.25) is 14.9 Å². The fourth-order valence-corrected chi connectivity index (χ4v) is 2.50. The van der Waals surface area contributed by atoms with E-state index >= 15 is 0 Å². The van der Waals surface area contributed by atoms with E-state index in [0.717, 1.165) is 10.5 Å². The molecule has 1 aromatic rings. The fourth-order valence-electron chi connectivity index (χ4n) is 2.50. The van der Waals surface area contributed by atoms with Gasteiger partial charge >= 0.3 is 5.97 Å². The van der Waals surface area contributed by atoms with E-state index < -0.39 is 30.8 Å². The first kappa shape index (κ1) is 16.2. The van der Waals surface area contributed by atoms with Gasteiger partial charge in [0.2, 0.25) is 5.91 Å². The van der Waals surface area contributed by atoms with Crippen LogP contribution in [-0.2, 0) is 16.0 Å². The first-order valence-electron chi connectivity index (χ1n) is 6.85. The van der Waals surface area contributed by atoms with Crippen molar-refractivity contribution in [1.82, 2.24) is 10.2 Å². The summed E-state index contributed by atoms with van der Waals surface area (Å²) in [6.45, 7) is -0.844. The molecule has 1 aromatic carbocycles. The van der Waals surface area contributed by atoms with Crippen LogP contribution in [0.1, 0.15) is 5.56 Å². The van der Waals surface area contributed by atoms with Gasteiger partial charge in [-0.2, -0.15) is 0 Å². The van der Waals surface area contributed by atoms with Gasteiger partial charge in [0.1, 0.15) is 18.5 Å². The van der Waals surface area contributed by atoms with Crippen molar-refractivity contribution in [3.63, 3.8) is 0 Å². The predicted molar refractivity (Wildman–Crippen MR) is 76.9 cm³/mol. The zero-order valence-corrected chi connectivity index (χ0v) is 11.8. The number of hydrogen-bond donors (Lipinski definition) is 5. The summed E-state index contributed by atoms with van der Waals surface area (Å²) in [7, 11) is 0. The zero-order valence-electron chi connectivity index (χ0n) is 11.8. The monoisotopic (exact) mass is 309 g/mol. The van der Waals surface area contributed by atoms with Crippen LogP contribution in [0.3, 0.4) is 0 Å². The number of aromatic hydroxyl groups is 1. The topological polar surface area (TPSA) is 136 Å². The highest BCUT2D eigenvalue weighted by molar-refractivity contribution is 5.88. The Labute approximate surface area is 127 Å². The Bertz CT molecular complexity index is 548. The average Bonchev–Trinajstić information content (AvgIpc) is 2.77. The van der Waals surface area contributed by atoms with Gasteiger partial charge in [0, 0.05) is 0 Å². The number of carboxylic acid groups (broad SMARTS) is 1. The Morgan fingerprint density at radius 1 is 1.36 bits per heavy atom. The smallest absolute Gasteiger partial charge is 0.323 e. The second kappa shape index (κ2) is 6.73. The maximum Gasteiger partial charge on any atom is 0.323 e. The number of benzene rings is 1. The van der Waals surface area contributed by atoms with Crippen molar-refractivity contribution in [3.05, 3.63) is 29.8 Å². The third-order valence-electron chi connectivity index (χ3n) is 3.59. The highest BCUT2D eigenvalue weighted by Crippen LogP contribution is 2.18. The third-order valence-corrected chi connectivity index (χ3v) is 3.59. The first-order valence-corrected chi connectivity index (χ1v) is 6.85. The summed E-state index contributed by atoms with van der Waals surface area (Å²) in [5, 5.41) is 30.3. The van der Waals surface area contributed by atoms with E-state index in [-0.39, 0.29) is 18.3 Å². The van der Waals surface area contributed by atoms with Gasteiger partial charge in [0.15, 0.2) is 0 Å². The highest BCUT2D eigenvalue weighted by Gasteiger charge is 2.42. The summed E-state index contributed by atoms with van der Waals surface area (Å²) in [5.74, 6) is -1.39. The number of aliphatic hydroxyl groups is 1. The molecule has 8 nitrogen and oxygen atoms in total. The van der Waals surface area contributed by atoms with Crippen molar-refractivity contribution in [2.75, 3.05) is 13.2 Å². The minimum atomic E-state index is -1.14. The second-order valence-electron chi connectivity index (χ2n) is 5.24. The number of nitrogens with two attached hydrogens (primary N) is 1. The van der Waals surface area contributed by atoms with Crippen molar-refractivity contribution in [3.8, 4) is 5.75 Å². The van der Waals surface area contributed by atoms with Crippen LogP contribution in [-0.4, -0.2) is 63.5 Å². The lowest BCUT2D eigenvalue weighted by molar-refractivity contribution is -0.144. The Balaban J connectivity index is 2.14. The SMILES string of the molecule is N[C@H](CO)[C@H]1N[C@@H](Cc2ccc(O)cc2)C(=O)N1CC(=O)O. The normalized spacial score (nSPS) is 22.8. The number of rotatable bonds is 6. The van der Waals surface area contributed by atoms with Crippen molar-refractivity contribution in [1.29, 1.82) is 0 Å². The quantitative estimate of drug-likeness (QED) is 0.430. The molecule has 6 N–H and O–H groups in total. The molecule has 2 rings (SSSR count). The van der Waals surface area contributed by atoms with Crippen LogP contribution in [0.25, 0.3) is 0 Å². The molecule has 120 valence electrons. The molecule has 0 radical (unpaired) electrons. The number of aliphatic hydroxyl groups excluding tert-OH is 1. The van der Waals surface area contributed by atoms with Crippen molar-refractivity contribution in [2.45, 2.75) is 24.7 Å². The van der Waals surface area contributed by atoms with Crippen LogP contribution in [0.4, 0.5) is 0 Å².